The molecule has 0 aliphatic heterocycles. The molecule has 2 aromatic heterocycles. The van der Waals surface area contributed by atoms with Crippen molar-refractivity contribution in [2.24, 2.45) is 0 Å². The summed E-state index contributed by atoms with van der Waals surface area (Å²) in [5, 5.41) is 13.6. The molecule has 19 heavy (non-hydrogen) atoms. The van der Waals surface area contributed by atoms with Gasteiger partial charge in [0.05, 0.1) is 11.9 Å². The lowest BCUT2D eigenvalue weighted by atomic mass is 10.3. The fraction of sp³-hybridized carbons (Fsp3) is 0.0833. The number of aromatic nitrogens is 2. The highest BCUT2D eigenvalue weighted by atomic mass is 16.4. The zero-order valence-electron chi connectivity index (χ0n) is 10.1. The van der Waals surface area contributed by atoms with Crippen LogP contribution in [0, 0.1) is 0 Å². The zero-order valence-corrected chi connectivity index (χ0v) is 10.1. The zero-order chi connectivity index (χ0) is 13.8. The molecular weight excluding hydrogens is 248 g/mol. The molecule has 0 aliphatic rings. The topological polar surface area (TPSA) is 96.3 Å². The number of pyridine rings is 2. The summed E-state index contributed by atoms with van der Waals surface area (Å²) in [5.74, 6) is 0.677. The van der Waals surface area contributed by atoms with Crippen molar-refractivity contribution in [3.8, 4) is 5.69 Å². The quantitative estimate of drug-likeness (QED) is 0.774. The number of rotatable bonds is 3. The van der Waals surface area contributed by atoms with Gasteiger partial charge in [0.25, 0.3) is 5.56 Å². The van der Waals surface area contributed by atoms with Crippen LogP contribution in [0.1, 0.15) is 0 Å². The summed E-state index contributed by atoms with van der Waals surface area (Å²) in [6, 6.07) is 6.42. The van der Waals surface area contributed by atoms with Crippen LogP contribution in [0.15, 0.2) is 41.5 Å². The van der Waals surface area contributed by atoms with E-state index in [0.29, 0.717) is 11.5 Å². The lowest BCUT2D eigenvalue weighted by molar-refractivity contribution is 0.209. The maximum Gasteiger partial charge on any atom is 0.409 e. The highest BCUT2D eigenvalue weighted by Crippen LogP contribution is 2.09. The number of nitrogens with zero attached hydrogens (tertiary/aromatic N) is 2. The van der Waals surface area contributed by atoms with Gasteiger partial charge in [-0.25, -0.2) is 9.78 Å². The summed E-state index contributed by atoms with van der Waals surface area (Å²) in [6.45, 7) is 0. The van der Waals surface area contributed by atoms with E-state index in [1.807, 2.05) is 0 Å². The van der Waals surface area contributed by atoms with Crippen LogP contribution < -0.4 is 16.2 Å². The number of carboxylic acid groups (broad SMARTS) is 1. The predicted octanol–water partition coefficient (Wildman–Crippen LogP) is 1.36. The van der Waals surface area contributed by atoms with E-state index in [4.69, 9.17) is 5.11 Å². The van der Waals surface area contributed by atoms with E-state index < -0.39 is 11.7 Å². The van der Waals surface area contributed by atoms with Crippen molar-refractivity contribution in [2.75, 3.05) is 17.7 Å². The predicted molar refractivity (Wildman–Crippen MR) is 71.0 cm³/mol. The molecule has 2 rings (SSSR count). The Hall–Kier alpha value is -2.83. The average molecular weight is 260 g/mol. The molecule has 0 spiro atoms. The van der Waals surface area contributed by atoms with E-state index in [1.165, 1.54) is 16.8 Å². The molecule has 0 aromatic carbocycles. The molecular formula is C12H12N4O3. The van der Waals surface area contributed by atoms with E-state index in [-0.39, 0.29) is 5.69 Å². The molecule has 0 fully saturated rings. The molecule has 7 heteroatoms. The van der Waals surface area contributed by atoms with Crippen LogP contribution in [0.4, 0.5) is 16.3 Å². The summed E-state index contributed by atoms with van der Waals surface area (Å²) in [7, 11) is 1.74. The van der Waals surface area contributed by atoms with Gasteiger partial charge in [-0.3, -0.25) is 14.7 Å². The van der Waals surface area contributed by atoms with Crippen LogP contribution in [0.3, 0.4) is 0 Å². The largest absolute Gasteiger partial charge is 0.465 e. The standard InChI is InChI=1S/C12H12N4O3/c1-13-10-5-4-8(7-14-10)16-6-2-3-9(11(16)17)15-12(18)19/h2-7,15H,1H3,(H,13,14)(H,18,19). The SMILES string of the molecule is CNc1ccc(-n2cccc(NC(=O)O)c2=O)cn1. The minimum atomic E-state index is -1.28. The Labute approximate surface area is 108 Å². The van der Waals surface area contributed by atoms with E-state index in [2.05, 4.69) is 15.6 Å². The lowest BCUT2D eigenvalue weighted by Crippen LogP contribution is -2.23. The Bertz CT molecular complexity index is 649. The van der Waals surface area contributed by atoms with Gasteiger partial charge in [0, 0.05) is 13.2 Å². The smallest absolute Gasteiger partial charge is 0.409 e. The Balaban J connectivity index is 2.44. The van der Waals surface area contributed by atoms with E-state index in [1.54, 1.807) is 31.4 Å². The molecule has 1 amide bonds. The molecule has 3 N–H and O–H groups in total. The first-order valence-electron chi connectivity index (χ1n) is 5.47. The monoisotopic (exact) mass is 260 g/mol. The van der Waals surface area contributed by atoms with Gasteiger partial charge in [-0.1, -0.05) is 0 Å². The van der Waals surface area contributed by atoms with Crippen LogP contribution in [0.25, 0.3) is 5.69 Å². The number of hydrogen-bond acceptors (Lipinski definition) is 4. The molecule has 0 unspecified atom stereocenters. The minimum Gasteiger partial charge on any atom is -0.465 e. The second-order valence-corrected chi connectivity index (χ2v) is 3.68. The molecule has 0 aliphatic carbocycles. The molecule has 0 bridgehead atoms. The molecule has 98 valence electrons. The van der Waals surface area contributed by atoms with Gasteiger partial charge in [-0.2, -0.15) is 0 Å². The summed E-state index contributed by atoms with van der Waals surface area (Å²) < 4.78 is 1.32. The lowest BCUT2D eigenvalue weighted by Gasteiger charge is -2.08. The van der Waals surface area contributed by atoms with Crippen molar-refractivity contribution in [3.63, 3.8) is 0 Å². The minimum absolute atomic E-state index is 0.00677. The van der Waals surface area contributed by atoms with Crippen LogP contribution >= 0.6 is 0 Å². The fourth-order valence-corrected chi connectivity index (χ4v) is 1.58. The maximum absolute atomic E-state index is 12.1. The normalized spacial score (nSPS) is 9.95. The molecule has 2 aromatic rings. The van der Waals surface area contributed by atoms with Gasteiger partial charge in [-0.15, -0.1) is 0 Å². The van der Waals surface area contributed by atoms with Crippen molar-refractivity contribution in [3.05, 3.63) is 47.0 Å². The van der Waals surface area contributed by atoms with E-state index in [0.717, 1.165) is 0 Å². The van der Waals surface area contributed by atoms with Crippen molar-refractivity contribution in [2.45, 2.75) is 0 Å². The Morgan fingerprint density at radius 1 is 1.37 bits per heavy atom. The van der Waals surface area contributed by atoms with Crippen molar-refractivity contribution in [1.82, 2.24) is 9.55 Å². The molecule has 2 heterocycles. The molecule has 0 saturated carbocycles. The first-order valence-corrected chi connectivity index (χ1v) is 5.47. The van der Waals surface area contributed by atoms with Gasteiger partial charge in [0.1, 0.15) is 11.5 Å². The highest BCUT2D eigenvalue weighted by molar-refractivity contribution is 5.82. The maximum atomic E-state index is 12.1. The highest BCUT2D eigenvalue weighted by Gasteiger charge is 2.07. The summed E-state index contributed by atoms with van der Waals surface area (Å²) in [5.41, 5.74) is 0.0923. The number of nitrogens with one attached hydrogen (secondary N) is 2. The summed E-state index contributed by atoms with van der Waals surface area (Å²) in [4.78, 5) is 26.7. The number of carbonyl (C=O) groups is 1. The molecule has 0 atom stereocenters. The van der Waals surface area contributed by atoms with Gasteiger partial charge in [0.2, 0.25) is 0 Å². The number of anilines is 2. The third-order valence-corrected chi connectivity index (χ3v) is 2.47. The molecule has 0 radical (unpaired) electrons. The first-order chi connectivity index (χ1) is 9.11. The van der Waals surface area contributed by atoms with E-state index in [9.17, 15) is 9.59 Å². The van der Waals surface area contributed by atoms with Crippen molar-refractivity contribution < 1.29 is 9.90 Å². The Morgan fingerprint density at radius 2 is 2.16 bits per heavy atom. The fourth-order valence-electron chi connectivity index (χ4n) is 1.58. The first kappa shape index (κ1) is 12.6. The van der Waals surface area contributed by atoms with Gasteiger partial charge >= 0.3 is 6.09 Å². The average Bonchev–Trinajstić information content (AvgIpc) is 2.41. The van der Waals surface area contributed by atoms with Gasteiger partial charge < -0.3 is 10.4 Å². The van der Waals surface area contributed by atoms with Crippen LogP contribution in [0.2, 0.25) is 0 Å². The second kappa shape index (κ2) is 5.21. The van der Waals surface area contributed by atoms with Crippen LogP contribution in [0.5, 0.6) is 0 Å². The molecule has 0 saturated heterocycles. The number of hydrogen-bond donors (Lipinski definition) is 3. The summed E-state index contributed by atoms with van der Waals surface area (Å²) in [6.07, 6.45) is 1.79. The third-order valence-electron chi connectivity index (χ3n) is 2.47. The summed E-state index contributed by atoms with van der Waals surface area (Å²) >= 11 is 0. The third kappa shape index (κ3) is 2.71. The number of amides is 1. The Morgan fingerprint density at radius 3 is 2.74 bits per heavy atom. The van der Waals surface area contributed by atoms with Crippen LogP contribution in [-0.2, 0) is 0 Å². The molecule has 7 nitrogen and oxygen atoms in total. The Kier molecular flexibility index (Phi) is 3.46. The van der Waals surface area contributed by atoms with E-state index >= 15 is 0 Å². The van der Waals surface area contributed by atoms with Crippen molar-refractivity contribution >= 4 is 17.6 Å². The van der Waals surface area contributed by atoms with Gasteiger partial charge in [-0.05, 0) is 24.3 Å². The van der Waals surface area contributed by atoms with Crippen molar-refractivity contribution in [1.29, 1.82) is 0 Å². The van der Waals surface area contributed by atoms with Crippen LogP contribution in [-0.4, -0.2) is 27.8 Å². The van der Waals surface area contributed by atoms with Gasteiger partial charge in [0.15, 0.2) is 0 Å². The second-order valence-electron chi connectivity index (χ2n) is 3.68.